The van der Waals surface area contributed by atoms with Gasteiger partial charge in [-0.15, -0.1) is 0 Å². The minimum Gasteiger partial charge on any atom is -0.298 e. The van der Waals surface area contributed by atoms with E-state index in [1.54, 1.807) is 0 Å². The van der Waals surface area contributed by atoms with E-state index in [2.05, 4.69) is 6.92 Å². The van der Waals surface area contributed by atoms with Crippen LogP contribution >= 0.6 is 0 Å². The molecule has 84 valence electrons. The first-order chi connectivity index (χ1) is 7.59. The van der Waals surface area contributed by atoms with Gasteiger partial charge in [-0.3, -0.25) is 9.59 Å². The second-order valence-corrected chi connectivity index (χ2v) is 4.65. The van der Waals surface area contributed by atoms with Crippen molar-refractivity contribution in [2.75, 3.05) is 0 Å². The lowest BCUT2D eigenvalue weighted by molar-refractivity contribution is -0.123. The molecule has 2 rings (SSSR count). The Balaban J connectivity index is 2.59. The quantitative estimate of drug-likeness (QED) is 0.712. The van der Waals surface area contributed by atoms with E-state index in [0.29, 0.717) is 0 Å². The van der Waals surface area contributed by atoms with E-state index in [4.69, 9.17) is 0 Å². The summed E-state index contributed by atoms with van der Waals surface area (Å²) in [4.78, 5) is 23.8. The van der Waals surface area contributed by atoms with Crippen molar-refractivity contribution in [1.82, 2.24) is 0 Å². The fourth-order valence-electron chi connectivity index (χ4n) is 2.57. The molecule has 0 N–H and O–H groups in total. The predicted octanol–water partition coefficient (Wildman–Crippen LogP) is 2.90. The first-order valence-electron chi connectivity index (χ1n) is 5.75. The number of hydrogen-bond acceptors (Lipinski definition) is 2. The Bertz CT molecular complexity index is 448. The molecule has 0 fully saturated rings. The molecule has 0 spiro atoms. The molecule has 2 heteroatoms. The predicted molar refractivity (Wildman–Crippen MR) is 62.7 cm³/mol. The molecule has 0 aliphatic heterocycles. The van der Waals surface area contributed by atoms with Crippen molar-refractivity contribution in [3.8, 4) is 0 Å². The second-order valence-electron chi connectivity index (χ2n) is 4.65. The van der Waals surface area contributed by atoms with Crippen LogP contribution < -0.4 is 0 Å². The molecule has 0 saturated heterocycles. The van der Waals surface area contributed by atoms with E-state index in [0.717, 1.165) is 24.0 Å². The number of fused-ring (bicyclic) bond motifs is 1. The zero-order chi connectivity index (χ0) is 11.8. The molecular formula is C14H16O2. The Morgan fingerprint density at radius 2 is 1.94 bits per heavy atom. The van der Waals surface area contributed by atoms with Gasteiger partial charge in [0, 0.05) is 5.56 Å². The molecule has 1 atom stereocenters. The molecule has 0 amide bonds. The largest absolute Gasteiger partial charge is 0.298 e. The summed E-state index contributed by atoms with van der Waals surface area (Å²) in [6, 6.07) is 7.51. The van der Waals surface area contributed by atoms with Crippen LogP contribution in [0, 0.1) is 0 Å². The van der Waals surface area contributed by atoms with Gasteiger partial charge in [0.05, 0.1) is 11.8 Å². The highest BCUT2D eigenvalue weighted by Gasteiger charge is 2.41. The Morgan fingerprint density at radius 3 is 2.62 bits per heavy atom. The number of hydrogen-bond donors (Lipinski definition) is 0. The molecule has 1 aliphatic rings. The molecule has 1 aromatic rings. The summed E-state index contributed by atoms with van der Waals surface area (Å²) in [6.07, 6.45) is 1.83. The van der Waals surface area contributed by atoms with Gasteiger partial charge in [0.2, 0.25) is 0 Å². The van der Waals surface area contributed by atoms with E-state index < -0.39 is 5.41 Å². The van der Waals surface area contributed by atoms with E-state index in [1.807, 2.05) is 31.2 Å². The van der Waals surface area contributed by atoms with Crippen molar-refractivity contribution in [3.05, 3.63) is 35.4 Å². The number of ketones is 2. The molecule has 1 aromatic carbocycles. The molecule has 1 unspecified atom stereocenters. The summed E-state index contributed by atoms with van der Waals surface area (Å²) >= 11 is 0. The molecule has 0 aromatic heterocycles. The minimum absolute atomic E-state index is 0.0332. The summed E-state index contributed by atoms with van der Waals surface area (Å²) in [6.45, 7) is 4.03. The molecule has 0 radical (unpaired) electrons. The maximum Gasteiger partial charge on any atom is 0.170 e. The highest BCUT2D eigenvalue weighted by atomic mass is 16.2. The third-order valence-electron chi connectivity index (χ3n) is 3.51. The molecule has 1 aliphatic carbocycles. The summed E-state index contributed by atoms with van der Waals surface area (Å²) in [5.41, 5.74) is 1.19. The lowest BCUT2D eigenvalue weighted by Gasteiger charge is -2.33. The average Bonchev–Trinajstić information content (AvgIpc) is 2.27. The van der Waals surface area contributed by atoms with Crippen molar-refractivity contribution in [3.63, 3.8) is 0 Å². The molecule has 0 heterocycles. The summed E-state index contributed by atoms with van der Waals surface area (Å²) < 4.78 is 0. The molecule has 2 nitrogen and oxygen atoms in total. The van der Waals surface area contributed by atoms with Crippen LogP contribution in [-0.4, -0.2) is 11.6 Å². The average molecular weight is 216 g/mol. The van der Waals surface area contributed by atoms with Gasteiger partial charge < -0.3 is 0 Å². The number of carbonyl (C=O) groups excluding carboxylic acids is 2. The normalized spacial score (nSPS) is 24.4. The highest BCUT2D eigenvalue weighted by molar-refractivity contribution is 6.15. The first kappa shape index (κ1) is 11.1. The van der Waals surface area contributed by atoms with Crippen LogP contribution in [-0.2, 0) is 10.2 Å². The molecule has 0 saturated carbocycles. The molecule has 0 bridgehead atoms. The first-order valence-corrected chi connectivity index (χ1v) is 5.75. The summed E-state index contributed by atoms with van der Waals surface area (Å²) in [5, 5.41) is 0. The number of carbonyl (C=O) groups is 2. The lowest BCUT2D eigenvalue weighted by atomic mass is 9.68. The van der Waals surface area contributed by atoms with Crippen LogP contribution in [0.15, 0.2) is 24.3 Å². The van der Waals surface area contributed by atoms with Crippen molar-refractivity contribution in [2.24, 2.45) is 0 Å². The zero-order valence-electron chi connectivity index (χ0n) is 9.75. The van der Waals surface area contributed by atoms with Gasteiger partial charge >= 0.3 is 0 Å². The van der Waals surface area contributed by atoms with E-state index in [-0.39, 0.29) is 18.0 Å². The summed E-state index contributed by atoms with van der Waals surface area (Å²) in [7, 11) is 0. The molecule has 16 heavy (non-hydrogen) atoms. The van der Waals surface area contributed by atoms with Gasteiger partial charge in [-0.25, -0.2) is 0 Å². The number of rotatable bonds is 2. The van der Waals surface area contributed by atoms with Gasteiger partial charge in [0.1, 0.15) is 0 Å². The van der Waals surface area contributed by atoms with Gasteiger partial charge in [-0.2, -0.15) is 0 Å². The summed E-state index contributed by atoms with van der Waals surface area (Å²) in [5.74, 6) is 0.0345. The van der Waals surface area contributed by atoms with E-state index in [9.17, 15) is 9.59 Å². The van der Waals surface area contributed by atoms with Crippen LogP contribution in [0.25, 0.3) is 0 Å². The van der Waals surface area contributed by atoms with Crippen LogP contribution in [0.4, 0.5) is 0 Å². The standard InChI is InChI=1S/C14H16O2/c1-3-8-14(2)11-7-5-4-6-10(11)12(15)9-13(14)16/h4-7H,3,8-9H2,1-2H3. The van der Waals surface area contributed by atoms with Gasteiger partial charge in [0.25, 0.3) is 0 Å². The van der Waals surface area contributed by atoms with Crippen LogP contribution in [0.2, 0.25) is 0 Å². The van der Waals surface area contributed by atoms with Crippen molar-refractivity contribution >= 4 is 11.6 Å². The van der Waals surface area contributed by atoms with Crippen molar-refractivity contribution in [2.45, 2.75) is 38.5 Å². The lowest BCUT2D eigenvalue weighted by Crippen LogP contribution is -2.39. The molecular weight excluding hydrogens is 200 g/mol. The van der Waals surface area contributed by atoms with Crippen molar-refractivity contribution in [1.29, 1.82) is 0 Å². The Morgan fingerprint density at radius 1 is 1.25 bits per heavy atom. The maximum absolute atomic E-state index is 12.1. The maximum atomic E-state index is 12.1. The monoisotopic (exact) mass is 216 g/mol. The fraction of sp³-hybridized carbons (Fsp3) is 0.429. The number of benzene rings is 1. The minimum atomic E-state index is -0.459. The zero-order valence-corrected chi connectivity index (χ0v) is 9.75. The number of Topliss-reactive ketones (excluding diaryl/α,β-unsaturated/α-hetero) is 2. The third kappa shape index (κ3) is 1.49. The van der Waals surface area contributed by atoms with Crippen molar-refractivity contribution < 1.29 is 9.59 Å². The van der Waals surface area contributed by atoms with E-state index >= 15 is 0 Å². The third-order valence-corrected chi connectivity index (χ3v) is 3.51. The van der Waals surface area contributed by atoms with E-state index in [1.165, 1.54) is 0 Å². The Hall–Kier alpha value is -1.44. The van der Waals surface area contributed by atoms with Gasteiger partial charge in [-0.05, 0) is 18.9 Å². The van der Waals surface area contributed by atoms with Crippen LogP contribution in [0.5, 0.6) is 0 Å². The Kier molecular flexibility index (Phi) is 2.66. The topological polar surface area (TPSA) is 34.1 Å². The van der Waals surface area contributed by atoms with Gasteiger partial charge in [0.15, 0.2) is 11.6 Å². The fourth-order valence-corrected chi connectivity index (χ4v) is 2.57. The van der Waals surface area contributed by atoms with Gasteiger partial charge in [-0.1, -0.05) is 37.6 Å². The van der Waals surface area contributed by atoms with Crippen LogP contribution in [0.1, 0.15) is 49.0 Å². The smallest absolute Gasteiger partial charge is 0.170 e. The SMILES string of the molecule is CCCC1(C)C(=O)CC(=O)c2ccccc21. The second kappa shape index (κ2) is 3.85. The Labute approximate surface area is 95.7 Å². The van der Waals surface area contributed by atoms with Crippen LogP contribution in [0.3, 0.4) is 0 Å². The highest BCUT2D eigenvalue weighted by Crippen LogP contribution is 2.37.